The fourth-order valence-electron chi connectivity index (χ4n) is 6.93. The van der Waals surface area contributed by atoms with Gasteiger partial charge in [0.2, 0.25) is 17.6 Å². The van der Waals surface area contributed by atoms with Gasteiger partial charge >= 0.3 is 5.97 Å². The van der Waals surface area contributed by atoms with Gasteiger partial charge < -0.3 is 4.74 Å². The monoisotopic (exact) mass is 609 g/mol. The predicted octanol–water partition coefficient (Wildman–Crippen LogP) is 6.52. The lowest BCUT2D eigenvalue weighted by molar-refractivity contribution is -0.122. The largest absolute Gasteiger partial charge is 0.451 e. The molecule has 4 aromatic rings. The molecular weight excluding hydrogens is 585 g/mol. The molecule has 43 heavy (non-hydrogen) atoms. The first-order chi connectivity index (χ1) is 20.6. The molecule has 0 saturated carbocycles. The molecule has 3 aliphatic carbocycles. The van der Waals surface area contributed by atoms with E-state index in [1.54, 1.807) is 24.3 Å². The van der Waals surface area contributed by atoms with Crippen molar-refractivity contribution >= 4 is 52.5 Å². The third-order valence-corrected chi connectivity index (χ3v) is 10.2. The highest BCUT2D eigenvalue weighted by atomic mass is 35.5. The van der Waals surface area contributed by atoms with Crippen molar-refractivity contribution < 1.29 is 23.9 Å². The van der Waals surface area contributed by atoms with Crippen LogP contribution in [0, 0.1) is 18.8 Å². The number of halogens is 2. The molecule has 1 fully saturated rings. The minimum atomic E-state index is -1.31. The van der Waals surface area contributed by atoms with E-state index in [0.29, 0.717) is 27.8 Å². The maximum absolute atomic E-state index is 14.2. The second-order valence-electron chi connectivity index (χ2n) is 11.3. The lowest BCUT2D eigenvalue weighted by atomic mass is 9.54. The summed E-state index contributed by atoms with van der Waals surface area (Å²) < 4.78 is 5.49. The van der Waals surface area contributed by atoms with Gasteiger partial charge in [0.25, 0.3) is 0 Å². The molecule has 8 heteroatoms. The number of carbonyl (C=O) groups is 4. The van der Waals surface area contributed by atoms with Crippen LogP contribution in [0.1, 0.15) is 55.5 Å². The summed E-state index contributed by atoms with van der Waals surface area (Å²) in [6.07, 6.45) is -1.04. The van der Waals surface area contributed by atoms with Crippen LogP contribution in [0.15, 0.2) is 97.1 Å². The van der Waals surface area contributed by atoms with Crippen molar-refractivity contribution in [2.75, 3.05) is 4.90 Å². The molecule has 4 aromatic carbocycles. The Kier molecular flexibility index (Phi) is 6.17. The highest BCUT2D eigenvalue weighted by molar-refractivity contribution is 6.38. The Morgan fingerprint density at radius 3 is 1.70 bits per heavy atom. The third-order valence-electron chi connectivity index (χ3n) is 8.91. The molecule has 0 spiro atoms. The molecule has 1 heterocycles. The van der Waals surface area contributed by atoms with Gasteiger partial charge in [-0.2, -0.15) is 0 Å². The van der Waals surface area contributed by atoms with E-state index in [1.165, 1.54) is 19.1 Å². The van der Waals surface area contributed by atoms with Gasteiger partial charge in [-0.05, 0) is 54.3 Å². The Balaban J connectivity index is 1.23. The normalized spacial score (nSPS) is 25.5. The number of nitrogens with zero attached hydrogens (tertiary/aromatic N) is 1. The zero-order valence-electron chi connectivity index (χ0n) is 23.2. The Hall–Kier alpha value is -4.26. The van der Waals surface area contributed by atoms with Gasteiger partial charge in [-0.25, -0.2) is 9.69 Å². The number of ketones is 1. The first-order valence-electron chi connectivity index (χ1n) is 14.0. The summed E-state index contributed by atoms with van der Waals surface area (Å²) in [6, 6.07) is 27.9. The molecule has 214 valence electrons. The average molecular weight is 610 g/mol. The number of ether oxygens (including phenoxy) is 1. The number of hydrogen-bond donors (Lipinski definition) is 0. The first-order valence-corrected chi connectivity index (χ1v) is 14.7. The Morgan fingerprint density at radius 1 is 0.721 bits per heavy atom. The molecule has 6 nitrogen and oxygen atoms in total. The van der Waals surface area contributed by atoms with Gasteiger partial charge in [-0.15, -0.1) is 23.2 Å². The SMILES string of the molecule is Cc1ccc(C(=O)[C@H](C)OC(=O)c2cccc(N3C(=O)[C@@H]4[C@@H](C3=O)C3(Cl)c5ccccc5C4(Cl)c4ccccc43)c2)cc1. The first kappa shape index (κ1) is 27.6. The van der Waals surface area contributed by atoms with Crippen LogP contribution in [0.5, 0.6) is 0 Å². The van der Waals surface area contributed by atoms with E-state index >= 15 is 0 Å². The minimum absolute atomic E-state index is 0.0900. The Bertz CT molecular complexity index is 1740. The van der Waals surface area contributed by atoms with Crippen LogP contribution in [-0.2, 0) is 24.1 Å². The molecule has 0 aromatic heterocycles. The smallest absolute Gasteiger partial charge is 0.338 e. The Morgan fingerprint density at radius 2 is 1.21 bits per heavy atom. The zero-order chi connectivity index (χ0) is 30.3. The lowest BCUT2D eigenvalue weighted by Crippen LogP contribution is -2.57. The summed E-state index contributed by atoms with van der Waals surface area (Å²) in [5, 5.41) is 0. The second-order valence-corrected chi connectivity index (χ2v) is 12.5. The second kappa shape index (κ2) is 9.63. The summed E-state index contributed by atoms with van der Waals surface area (Å²) in [7, 11) is 0. The molecule has 3 atom stereocenters. The van der Waals surface area contributed by atoms with E-state index in [4.69, 9.17) is 27.9 Å². The molecule has 1 aliphatic heterocycles. The number of alkyl halides is 2. The number of anilines is 1. The zero-order valence-corrected chi connectivity index (χ0v) is 24.7. The molecule has 0 unspecified atom stereocenters. The fraction of sp³-hybridized carbons (Fsp3) is 0.200. The summed E-state index contributed by atoms with van der Waals surface area (Å²) in [5.74, 6) is -4.01. The van der Waals surface area contributed by atoms with Crippen molar-refractivity contribution in [3.63, 3.8) is 0 Å². The molecule has 0 radical (unpaired) electrons. The predicted molar refractivity (Wildman–Crippen MR) is 162 cm³/mol. The number of aryl methyl sites for hydroxylation is 1. The highest BCUT2D eigenvalue weighted by Crippen LogP contribution is 2.69. The van der Waals surface area contributed by atoms with Crippen molar-refractivity contribution in [1.29, 1.82) is 0 Å². The van der Waals surface area contributed by atoms with Crippen LogP contribution >= 0.6 is 23.2 Å². The Labute approximate surface area is 258 Å². The maximum atomic E-state index is 14.2. The van der Waals surface area contributed by atoms with Gasteiger partial charge in [-0.3, -0.25) is 14.4 Å². The van der Waals surface area contributed by atoms with E-state index in [2.05, 4.69) is 0 Å². The van der Waals surface area contributed by atoms with E-state index in [1.807, 2.05) is 67.6 Å². The van der Waals surface area contributed by atoms with Crippen molar-refractivity contribution in [2.24, 2.45) is 11.8 Å². The number of Topliss-reactive ketones (excluding diaryl/α,β-unsaturated/α-hetero) is 1. The van der Waals surface area contributed by atoms with Crippen LogP contribution < -0.4 is 4.90 Å². The standard InChI is InChI=1S/C35H25Cl2NO5/c1-19-14-16-21(17-15-19)30(39)20(2)43-33(42)22-8-7-9-23(18-22)38-31(40)28-29(32(38)41)35(37)25-11-4-3-10-24(25)34(28,36)26-12-5-6-13-27(26)35/h3-18,20,28-29H,1-2H3/t20-,28-,29-,34?,35?/m0/s1. The molecule has 0 N–H and O–H groups in total. The van der Waals surface area contributed by atoms with Crippen LogP contribution in [0.25, 0.3) is 0 Å². The average Bonchev–Trinajstić information content (AvgIpc) is 3.30. The number of esters is 1. The highest BCUT2D eigenvalue weighted by Gasteiger charge is 2.73. The van der Waals surface area contributed by atoms with E-state index < -0.39 is 45.5 Å². The summed E-state index contributed by atoms with van der Waals surface area (Å²) >= 11 is 15.0. The van der Waals surface area contributed by atoms with Crippen molar-refractivity contribution in [1.82, 2.24) is 0 Å². The van der Waals surface area contributed by atoms with Gasteiger partial charge in [-0.1, -0.05) is 84.4 Å². The molecule has 4 aliphatic rings. The van der Waals surface area contributed by atoms with Gasteiger partial charge in [0.1, 0.15) is 9.75 Å². The molecule has 2 amide bonds. The number of carbonyl (C=O) groups excluding carboxylic acids is 4. The van der Waals surface area contributed by atoms with Gasteiger partial charge in [0.15, 0.2) is 6.10 Å². The number of amides is 2. The van der Waals surface area contributed by atoms with Gasteiger partial charge in [0, 0.05) is 5.56 Å². The molecule has 2 bridgehead atoms. The number of imide groups is 1. The summed E-state index contributed by atoms with van der Waals surface area (Å²) in [6.45, 7) is 3.42. The summed E-state index contributed by atoms with van der Waals surface area (Å²) in [5.41, 5.74) is 4.55. The number of benzene rings is 4. The molecule has 8 rings (SSSR count). The minimum Gasteiger partial charge on any atom is -0.451 e. The van der Waals surface area contributed by atoms with E-state index in [0.717, 1.165) is 10.5 Å². The van der Waals surface area contributed by atoms with Crippen molar-refractivity contribution in [3.8, 4) is 0 Å². The molecular formula is C35H25Cl2NO5. The molecule has 1 saturated heterocycles. The van der Waals surface area contributed by atoms with E-state index in [-0.39, 0.29) is 17.0 Å². The van der Waals surface area contributed by atoms with Crippen LogP contribution in [0.4, 0.5) is 5.69 Å². The number of rotatable bonds is 5. The third kappa shape index (κ3) is 3.73. The van der Waals surface area contributed by atoms with Crippen LogP contribution in [0.2, 0.25) is 0 Å². The lowest BCUT2D eigenvalue weighted by Gasteiger charge is -2.54. The van der Waals surface area contributed by atoms with Crippen LogP contribution in [-0.4, -0.2) is 29.7 Å². The summed E-state index contributed by atoms with van der Waals surface area (Å²) in [4.78, 5) is 52.9. The van der Waals surface area contributed by atoms with Crippen molar-refractivity contribution in [3.05, 3.63) is 136 Å². The van der Waals surface area contributed by atoms with E-state index in [9.17, 15) is 19.2 Å². The fourth-order valence-corrected chi connectivity index (χ4v) is 8.03. The van der Waals surface area contributed by atoms with Crippen molar-refractivity contribution in [2.45, 2.75) is 29.7 Å². The quantitative estimate of drug-likeness (QED) is 0.111. The number of hydrogen-bond acceptors (Lipinski definition) is 5. The maximum Gasteiger partial charge on any atom is 0.338 e. The van der Waals surface area contributed by atoms with Crippen LogP contribution in [0.3, 0.4) is 0 Å². The van der Waals surface area contributed by atoms with Gasteiger partial charge in [0.05, 0.1) is 23.1 Å². The topological polar surface area (TPSA) is 80.8 Å².